The summed E-state index contributed by atoms with van der Waals surface area (Å²) >= 11 is 1.52. The molecule has 0 atom stereocenters. The van der Waals surface area contributed by atoms with E-state index in [-0.39, 0.29) is 0 Å². The summed E-state index contributed by atoms with van der Waals surface area (Å²) in [5.74, 6) is 1.46. The molecule has 0 unspecified atom stereocenters. The zero-order valence-corrected chi connectivity index (χ0v) is 9.40. The molecule has 0 bridgehead atoms. The molecule has 0 aliphatic carbocycles. The van der Waals surface area contributed by atoms with E-state index in [0.717, 1.165) is 17.3 Å². The molecule has 1 rings (SSSR count). The third-order valence-electron chi connectivity index (χ3n) is 1.30. The molecule has 1 aromatic heterocycles. The molecule has 0 spiro atoms. The van der Waals surface area contributed by atoms with Crippen LogP contribution in [-0.2, 0) is 6.42 Å². The number of rotatable bonds is 2. The topological polar surface area (TPSA) is 25.8 Å². The lowest BCUT2D eigenvalue weighted by atomic mass is 10.2. The molecule has 1 aromatic rings. The smallest absolute Gasteiger partial charge is 0.145 e. The minimum atomic E-state index is 0.469. The van der Waals surface area contributed by atoms with Gasteiger partial charge in [0, 0.05) is 5.92 Å². The molecular weight excluding hydrogens is 168 g/mol. The molecular formula is C9H18N2S. The second-order valence-corrected chi connectivity index (χ2v) is 3.39. The van der Waals surface area contributed by atoms with Crippen molar-refractivity contribution in [3.8, 4) is 0 Å². The molecule has 3 heteroatoms. The van der Waals surface area contributed by atoms with Crippen LogP contribution in [0.5, 0.6) is 0 Å². The maximum absolute atomic E-state index is 4.34. The SMILES string of the molecule is CC.CCc1nc(C(C)C)ns1. The third-order valence-corrected chi connectivity index (χ3v) is 2.17. The first-order valence-electron chi connectivity index (χ1n) is 4.56. The average molecular weight is 186 g/mol. The minimum absolute atomic E-state index is 0.469. The molecule has 0 fully saturated rings. The van der Waals surface area contributed by atoms with E-state index in [4.69, 9.17) is 0 Å². The molecule has 0 amide bonds. The van der Waals surface area contributed by atoms with Crippen molar-refractivity contribution >= 4 is 11.5 Å². The zero-order chi connectivity index (χ0) is 9.56. The summed E-state index contributed by atoms with van der Waals surface area (Å²) in [6, 6.07) is 0. The van der Waals surface area contributed by atoms with Gasteiger partial charge in [0.1, 0.15) is 10.8 Å². The lowest BCUT2D eigenvalue weighted by Crippen LogP contribution is -1.89. The maximum atomic E-state index is 4.34. The molecule has 0 aliphatic heterocycles. The highest BCUT2D eigenvalue weighted by atomic mass is 32.1. The van der Waals surface area contributed by atoms with Crippen molar-refractivity contribution < 1.29 is 0 Å². The fourth-order valence-electron chi connectivity index (χ4n) is 0.646. The summed E-state index contributed by atoms with van der Waals surface area (Å²) in [7, 11) is 0. The van der Waals surface area contributed by atoms with Crippen molar-refractivity contribution in [1.82, 2.24) is 9.36 Å². The van der Waals surface area contributed by atoms with Crippen LogP contribution in [0.15, 0.2) is 0 Å². The lowest BCUT2D eigenvalue weighted by Gasteiger charge is -1.93. The van der Waals surface area contributed by atoms with Crippen LogP contribution < -0.4 is 0 Å². The van der Waals surface area contributed by atoms with Crippen LogP contribution in [0.3, 0.4) is 0 Å². The summed E-state index contributed by atoms with van der Waals surface area (Å²) in [5.41, 5.74) is 0. The van der Waals surface area contributed by atoms with Crippen molar-refractivity contribution in [1.29, 1.82) is 0 Å². The fraction of sp³-hybridized carbons (Fsp3) is 0.778. The van der Waals surface area contributed by atoms with Gasteiger partial charge in [0.25, 0.3) is 0 Å². The largest absolute Gasteiger partial charge is 0.224 e. The Bertz CT molecular complexity index is 206. The van der Waals surface area contributed by atoms with Gasteiger partial charge >= 0.3 is 0 Å². The van der Waals surface area contributed by atoms with Gasteiger partial charge in [0.05, 0.1) is 0 Å². The van der Waals surface area contributed by atoms with E-state index < -0.39 is 0 Å². The highest BCUT2D eigenvalue weighted by Crippen LogP contribution is 2.13. The van der Waals surface area contributed by atoms with Gasteiger partial charge in [-0.1, -0.05) is 34.6 Å². The van der Waals surface area contributed by atoms with Gasteiger partial charge < -0.3 is 0 Å². The van der Waals surface area contributed by atoms with Gasteiger partial charge in [0.2, 0.25) is 0 Å². The van der Waals surface area contributed by atoms with Gasteiger partial charge in [-0.05, 0) is 18.0 Å². The summed E-state index contributed by atoms with van der Waals surface area (Å²) in [4.78, 5) is 4.34. The van der Waals surface area contributed by atoms with Gasteiger partial charge in [0.15, 0.2) is 0 Å². The Morgan fingerprint density at radius 3 is 2.17 bits per heavy atom. The standard InChI is InChI=1S/C7H12N2S.C2H6/c1-4-6-8-7(5(2)3)9-10-6;1-2/h5H,4H2,1-3H3;1-2H3. The Kier molecular flexibility index (Phi) is 5.89. The van der Waals surface area contributed by atoms with E-state index in [0.29, 0.717) is 5.92 Å². The molecule has 2 nitrogen and oxygen atoms in total. The summed E-state index contributed by atoms with van der Waals surface area (Å²) < 4.78 is 4.22. The van der Waals surface area contributed by atoms with Crippen molar-refractivity contribution in [2.75, 3.05) is 0 Å². The third kappa shape index (κ3) is 3.30. The van der Waals surface area contributed by atoms with Crippen molar-refractivity contribution in [2.45, 2.75) is 47.0 Å². The van der Waals surface area contributed by atoms with Crippen molar-refractivity contribution in [3.63, 3.8) is 0 Å². The minimum Gasteiger partial charge on any atom is -0.224 e. The molecule has 1 heterocycles. The van der Waals surface area contributed by atoms with Gasteiger partial charge in [-0.3, -0.25) is 0 Å². The van der Waals surface area contributed by atoms with Crippen LogP contribution in [0.4, 0.5) is 0 Å². The van der Waals surface area contributed by atoms with Crippen molar-refractivity contribution in [2.24, 2.45) is 0 Å². The van der Waals surface area contributed by atoms with E-state index in [2.05, 4.69) is 30.1 Å². The number of aromatic nitrogens is 2. The molecule has 0 N–H and O–H groups in total. The molecule has 0 saturated heterocycles. The van der Waals surface area contributed by atoms with E-state index in [1.807, 2.05) is 13.8 Å². The first kappa shape index (κ1) is 11.6. The number of aryl methyl sites for hydroxylation is 1. The summed E-state index contributed by atoms with van der Waals surface area (Å²) in [6.45, 7) is 10.3. The quantitative estimate of drug-likeness (QED) is 0.708. The Morgan fingerprint density at radius 2 is 1.92 bits per heavy atom. The molecule has 0 aromatic carbocycles. The number of hydrogen-bond donors (Lipinski definition) is 0. The Labute approximate surface area is 79.2 Å². The summed E-state index contributed by atoms with van der Waals surface area (Å²) in [6.07, 6.45) is 1.00. The second-order valence-electron chi connectivity index (χ2n) is 2.55. The molecule has 0 radical (unpaired) electrons. The monoisotopic (exact) mass is 186 g/mol. The van der Waals surface area contributed by atoms with Gasteiger partial charge in [-0.2, -0.15) is 4.37 Å². The van der Waals surface area contributed by atoms with E-state index in [1.54, 1.807) is 0 Å². The first-order chi connectivity index (χ1) is 5.74. The summed E-state index contributed by atoms with van der Waals surface area (Å²) in [5, 5.41) is 1.14. The maximum Gasteiger partial charge on any atom is 0.145 e. The van der Waals surface area contributed by atoms with Crippen LogP contribution in [-0.4, -0.2) is 9.36 Å². The van der Waals surface area contributed by atoms with Crippen molar-refractivity contribution in [3.05, 3.63) is 10.8 Å². The Morgan fingerprint density at radius 1 is 1.33 bits per heavy atom. The average Bonchev–Trinajstić information content (AvgIpc) is 2.55. The zero-order valence-electron chi connectivity index (χ0n) is 8.59. The van der Waals surface area contributed by atoms with Crippen LogP contribution in [0, 0.1) is 0 Å². The first-order valence-corrected chi connectivity index (χ1v) is 5.33. The lowest BCUT2D eigenvalue weighted by molar-refractivity contribution is 0.791. The Hall–Kier alpha value is -0.440. The van der Waals surface area contributed by atoms with Gasteiger partial charge in [-0.25, -0.2) is 4.98 Å². The van der Waals surface area contributed by atoms with Gasteiger partial charge in [-0.15, -0.1) is 0 Å². The molecule has 0 aliphatic rings. The fourth-order valence-corrected chi connectivity index (χ4v) is 1.36. The highest BCUT2D eigenvalue weighted by Gasteiger charge is 2.04. The van der Waals surface area contributed by atoms with E-state index >= 15 is 0 Å². The molecule has 12 heavy (non-hydrogen) atoms. The van der Waals surface area contributed by atoms with Crippen LogP contribution in [0.2, 0.25) is 0 Å². The number of hydrogen-bond acceptors (Lipinski definition) is 3. The van der Waals surface area contributed by atoms with E-state index in [9.17, 15) is 0 Å². The van der Waals surface area contributed by atoms with Crippen LogP contribution in [0.25, 0.3) is 0 Å². The molecule has 70 valence electrons. The second kappa shape index (κ2) is 6.12. The normalized spacial score (nSPS) is 9.50. The Balaban J connectivity index is 0.000000561. The highest BCUT2D eigenvalue weighted by molar-refractivity contribution is 7.05. The number of nitrogens with zero attached hydrogens (tertiary/aromatic N) is 2. The molecule has 0 saturated carbocycles. The van der Waals surface area contributed by atoms with E-state index in [1.165, 1.54) is 11.5 Å². The predicted octanol–water partition coefficient (Wildman–Crippen LogP) is 3.25. The van der Waals surface area contributed by atoms with Crippen LogP contribution in [0.1, 0.15) is 51.4 Å². The predicted molar refractivity (Wildman–Crippen MR) is 54.7 cm³/mol. The van der Waals surface area contributed by atoms with Crippen LogP contribution >= 0.6 is 11.5 Å².